The van der Waals surface area contributed by atoms with Gasteiger partial charge in [0.2, 0.25) is 0 Å². The monoisotopic (exact) mass is 380 g/mol. The van der Waals surface area contributed by atoms with Gasteiger partial charge in [-0.1, -0.05) is 10.3 Å². The molecule has 5 N–H and O–H groups in total. The van der Waals surface area contributed by atoms with Crippen LogP contribution in [0.2, 0.25) is 0 Å². The predicted molar refractivity (Wildman–Crippen MR) is 85.2 cm³/mol. The van der Waals surface area contributed by atoms with Gasteiger partial charge in [-0.3, -0.25) is 5.10 Å². The number of nitrogens with one attached hydrogen (secondary N) is 1. The molecule has 0 spiro atoms. The van der Waals surface area contributed by atoms with Gasteiger partial charge in [0, 0.05) is 24.4 Å². The van der Waals surface area contributed by atoms with Crippen LogP contribution in [-0.2, 0) is 0 Å². The summed E-state index contributed by atoms with van der Waals surface area (Å²) >= 11 is 3.08. The van der Waals surface area contributed by atoms with E-state index in [9.17, 15) is 0 Å². The van der Waals surface area contributed by atoms with Crippen LogP contribution in [0.4, 0.5) is 11.6 Å². The summed E-state index contributed by atoms with van der Waals surface area (Å²) in [6.07, 6.45) is 6.31. The second-order valence-electron chi connectivity index (χ2n) is 3.88. The van der Waals surface area contributed by atoms with E-state index in [4.69, 9.17) is 11.5 Å². The lowest BCUT2D eigenvalue weighted by Crippen LogP contribution is -1.95. The number of nitrogen functional groups attached to an aromatic ring is 2. The summed E-state index contributed by atoms with van der Waals surface area (Å²) in [5.74, 6) is 1.70. The van der Waals surface area contributed by atoms with Crippen molar-refractivity contribution in [3.05, 3.63) is 53.8 Å². The molecule has 23 heavy (non-hydrogen) atoms. The van der Waals surface area contributed by atoms with E-state index in [-0.39, 0.29) is 0 Å². The fourth-order valence-corrected chi connectivity index (χ4v) is 1.45. The maximum absolute atomic E-state index is 5.39. The third-order valence-electron chi connectivity index (χ3n) is 2.20. The first-order valence-corrected chi connectivity index (χ1v) is 6.97. The molecule has 0 atom stereocenters. The molecule has 0 aromatic carbocycles. The molecule has 0 aliphatic heterocycles. The van der Waals surface area contributed by atoms with Crippen LogP contribution in [0.25, 0.3) is 5.82 Å². The highest BCUT2D eigenvalue weighted by Crippen LogP contribution is 2.04. The van der Waals surface area contributed by atoms with Crippen LogP contribution >= 0.6 is 15.9 Å². The summed E-state index contributed by atoms with van der Waals surface area (Å²) in [4.78, 5) is 0. The molecule has 4 aromatic heterocycles. The van der Waals surface area contributed by atoms with Gasteiger partial charge in [0.05, 0.1) is 6.20 Å². The van der Waals surface area contributed by atoms with E-state index in [1.807, 2.05) is 0 Å². The van der Waals surface area contributed by atoms with E-state index < -0.39 is 0 Å². The molecule has 120 valence electrons. The second-order valence-corrected chi connectivity index (χ2v) is 4.69. The largest absolute Gasteiger partial charge is 0.384 e. The number of hydrogen-bond donors (Lipinski definition) is 3. The normalized spacial score (nSPS) is 9.43. The summed E-state index contributed by atoms with van der Waals surface area (Å²) in [6.45, 7) is 0. The first-order chi connectivity index (χ1) is 11.1. The SMILES string of the molecule is Brc1ccon1.Nc1ccn(-c2ccon2)n1.Nc1ccn[nH]1. The van der Waals surface area contributed by atoms with E-state index in [1.54, 1.807) is 41.3 Å². The smallest absolute Gasteiger partial charge is 0.196 e. The average molecular weight is 381 g/mol. The molecule has 0 radical (unpaired) electrons. The van der Waals surface area contributed by atoms with Gasteiger partial charge in [0.15, 0.2) is 5.82 Å². The minimum atomic E-state index is 0.466. The Balaban J connectivity index is 0.000000136. The first-order valence-electron chi connectivity index (χ1n) is 6.18. The minimum Gasteiger partial charge on any atom is -0.384 e. The van der Waals surface area contributed by atoms with Crippen molar-refractivity contribution < 1.29 is 9.05 Å². The Morgan fingerprint density at radius 2 is 1.83 bits per heavy atom. The highest BCUT2D eigenvalue weighted by molar-refractivity contribution is 9.10. The van der Waals surface area contributed by atoms with Crippen LogP contribution in [-0.4, -0.2) is 30.3 Å². The summed E-state index contributed by atoms with van der Waals surface area (Å²) in [6, 6.07) is 6.81. The lowest BCUT2D eigenvalue weighted by molar-refractivity contribution is 0.415. The zero-order valence-electron chi connectivity index (χ0n) is 11.7. The van der Waals surface area contributed by atoms with Crippen molar-refractivity contribution >= 4 is 27.6 Å². The van der Waals surface area contributed by atoms with Crippen molar-refractivity contribution in [2.75, 3.05) is 11.5 Å². The molecule has 10 nitrogen and oxygen atoms in total. The van der Waals surface area contributed by atoms with E-state index in [0.717, 1.165) is 4.60 Å². The molecule has 11 heteroatoms. The van der Waals surface area contributed by atoms with Gasteiger partial charge in [-0.2, -0.15) is 5.10 Å². The zero-order valence-corrected chi connectivity index (χ0v) is 13.3. The van der Waals surface area contributed by atoms with Crippen LogP contribution in [0.1, 0.15) is 0 Å². The van der Waals surface area contributed by atoms with Crippen molar-refractivity contribution in [3.8, 4) is 5.82 Å². The number of hydrogen-bond acceptors (Lipinski definition) is 8. The molecule has 0 saturated carbocycles. The van der Waals surface area contributed by atoms with Gasteiger partial charge < -0.3 is 20.5 Å². The van der Waals surface area contributed by atoms with Gasteiger partial charge in [-0.05, 0) is 22.0 Å². The van der Waals surface area contributed by atoms with E-state index >= 15 is 0 Å². The van der Waals surface area contributed by atoms with Crippen LogP contribution in [0, 0.1) is 0 Å². The number of rotatable bonds is 1. The highest BCUT2D eigenvalue weighted by atomic mass is 79.9. The third kappa shape index (κ3) is 5.67. The van der Waals surface area contributed by atoms with E-state index in [1.165, 1.54) is 12.5 Å². The van der Waals surface area contributed by atoms with Crippen molar-refractivity contribution in [1.29, 1.82) is 0 Å². The summed E-state index contributed by atoms with van der Waals surface area (Å²) in [7, 11) is 0. The Bertz CT molecular complexity index is 732. The molecule has 0 aliphatic rings. The fourth-order valence-electron chi connectivity index (χ4n) is 1.25. The Hall–Kier alpha value is -3.08. The Morgan fingerprint density at radius 3 is 2.17 bits per heavy atom. The quantitative estimate of drug-likeness (QED) is 0.452. The number of halogens is 1. The number of nitrogens with two attached hydrogens (primary N) is 2. The van der Waals surface area contributed by atoms with Gasteiger partial charge in [0.25, 0.3) is 0 Å². The Labute approximate surface area is 138 Å². The summed E-state index contributed by atoms with van der Waals surface area (Å²) in [5, 5.41) is 17.2. The van der Waals surface area contributed by atoms with E-state index in [2.05, 4.69) is 50.6 Å². The van der Waals surface area contributed by atoms with E-state index in [0.29, 0.717) is 17.5 Å². The standard InChI is InChI=1S/C6H6N4O.C3H2BrNO.C3H5N3/c7-5-1-3-10(8-5)6-2-4-11-9-6;4-3-1-2-6-5-3;4-3-1-2-5-6-3/h1-4H,(H2,7,8);1-2H;1-2H,(H3,4,5,6). The molecule has 4 rings (SSSR count). The molecule has 0 bridgehead atoms. The van der Waals surface area contributed by atoms with Crippen LogP contribution in [0.15, 0.2) is 62.8 Å². The Kier molecular flexibility index (Phi) is 5.94. The van der Waals surface area contributed by atoms with Gasteiger partial charge in [0.1, 0.15) is 28.8 Å². The number of H-pyrrole nitrogens is 1. The van der Waals surface area contributed by atoms with Crippen LogP contribution in [0.3, 0.4) is 0 Å². The molecule has 4 aromatic rings. The van der Waals surface area contributed by atoms with Gasteiger partial charge in [-0.15, -0.1) is 5.10 Å². The number of aromatic amines is 1. The first kappa shape index (κ1) is 16.3. The molecule has 4 heterocycles. The third-order valence-corrected chi connectivity index (χ3v) is 2.61. The fraction of sp³-hybridized carbons (Fsp3) is 0. The molecule has 0 aliphatic carbocycles. The maximum Gasteiger partial charge on any atom is 0.196 e. The zero-order chi connectivity index (χ0) is 16.5. The van der Waals surface area contributed by atoms with Crippen LogP contribution in [0.5, 0.6) is 0 Å². The van der Waals surface area contributed by atoms with Gasteiger partial charge in [-0.25, -0.2) is 4.68 Å². The summed E-state index contributed by atoms with van der Waals surface area (Å²) in [5.41, 5.74) is 10.6. The van der Waals surface area contributed by atoms with Crippen molar-refractivity contribution in [1.82, 2.24) is 30.3 Å². The molecule has 0 fully saturated rings. The van der Waals surface area contributed by atoms with Crippen molar-refractivity contribution in [2.45, 2.75) is 0 Å². The lowest BCUT2D eigenvalue weighted by atomic mass is 10.6. The lowest BCUT2D eigenvalue weighted by Gasteiger charge is -1.89. The van der Waals surface area contributed by atoms with Crippen molar-refractivity contribution in [3.63, 3.8) is 0 Å². The topological polar surface area (TPSA) is 151 Å². The number of anilines is 2. The average Bonchev–Trinajstić information content (AvgIpc) is 3.26. The molecule has 0 unspecified atom stereocenters. The summed E-state index contributed by atoms with van der Waals surface area (Å²) < 4.78 is 11.3. The molecule has 0 saturated heterocycles. The minimum absolute atomic E-state index is 0.466. The second kappa shape index (κ2) is 8.38. The maximum atomic E-state index is 5.39. The number of nitrogens with zero attached hydrogens (tertiary/aromatic N) is 5. The molecule has 0 amide bonds. The van der Waals surface area contributed by atoms with Gasteiger partial charge >= 0.3 is 0 Å². The highest BCUT2D eigenvalue weighted by Gasteiger charge is 1.99. The molecular formula is C12H13BrN8O2. The van der Waals surface area contributed by atoms with Crippen molar-refractivity contribution in [2.24, 2.45) is 0 Å². The van der Waals surface area contributed by atoms with Crippen LogP contribution < -0.4 is 11.5 Å². The number of aromatic nitrogens is 6. The molecular weight excluding hydrogens is 368 g/mol. The predicted octanol–water partition coefficient (Wildman–Crippen LogP) is 1.87. The Morgan fingerprint density at radius 1 is 1.04 bits per heavy atom.